The van der Waals surface area contributed by atoms with Crippen LogP contribution in [0.15, 0.2) is 71.1 Å². The number of esters is 1. The molecule has 0 radical (unpaired) electrons. The molecule has 3 heteroatoms. The summed E-state index contributed by atoms with van der Waals surface area (Å²) >= 11 is 0. The largest absolute Gasteiger partial charge is 0.465 e. The van der Waals surface area contributed by atoms with Crippen LogP contribution in [0.2, 0.25) is 0 Å². The van der Waals surface area contributed by atoms with Crippen LogP contribution in [0.4, 0.5) is 0 Å². The molecule has 0 aliphatic carbocycles. The van der Waals surface area contributed by atoms with Gasteiger partial charge in [0.05, 0.1) is 7.11 Å². The van der Waals surface area contributed by atoms with Crippen molar-refractivity contribution < 1.29 is 13.9 Å². The number of methoxy groups -OCH3 is 1. The molecule has 0 atom stereocenters. The van der Waals surface area contributed by atoms with E-state index in [1.54, 1.807) is 13.0 Å². The van der Waals surface area contributed by atoms with Gasteiger partial charge in [0, 0.05) is 5.57 Å². The first-order valence-corrected chi connectivity index (χ1v) is 7.70. The minimum absolute atomic E-state index is 0.394. The molecular formula is C21H18O3. The fraction of sp³-hybridized carbons (Fsp3) is 0.0952. The zero-order valence-corrected chi connectivity index (χ0v) is 13.7. The quantitative estimate of drug-likeness (QED) is 0.504. The molecule has 3 rings (SSSR count). The molecule has 0 saturated carbocycles. The molecule has 0 N–H and O–H groups in total. The highest BCUT2D eigenvalue weighted by Crippen LogP contribution is 2.29. The number of aryl methyl sites for hydroxylation is 1. The fourth-order valence-corrected chi connectivity index (χ4v) is 2.56. The topological polar surface area (TPSA) is 39.4 Å². The number of hydrogen-bond acceptors (Lipinski definition) is 3. The van der Waals surface area contributed by atoms with Crippen molar-refractivity contribution in [3.05, 3.63) is 94.9 Å². The Labute approximate surface area is 141 Å². The molecule has 0 spiro atoms. The average Bonchev–Trinajstić information content (AvgIpc) is 3.02. The van der Waals surface area contributed by atoms with Crippen LogP contribution >= 0.6 is 0 Å². The molecule has 0 amide bonds. The van der Waals surface area contributed by atoms with Gasteiger partial charge in [-0.3, -0.25) is 0 Å². The van der Waals surface area contributed by atoms with Crippen LogP contribution < -0.4 is 0 Å². The molecule has 3 nitrogen and oxygen atoms in total. The molecule has 0 fully saturated rings. The number of ether oxygens (including phenoxy) is 1. The second-order valence-corrected chi connectivity index (χ2v) is 5.41. The predicted octanol–water partition coefficient (Wildman–Crippen LogP) is 4.96. The second-order valence-electron chi connectivity index (χ2n) is 5.41. The van der Waals surface area contributed by atoms with Crippen molar-refractivity contribution in [2.75, 3.05) is 7.11 Å². The van der Waals surface area contributed by atoms with Gasteiger partial charge in [-0.2, -0.15) is 0 Å². The van der Waals surface area contributed by atoms with Crippen LogP contribution in [0.25, 0.3) is 11.6 Å². The van der Waals surface area contributed by atoms with Crippen LogP contribution in [0, 0.1) is 6.92 Å². The van der Waals surface area contributed by atoms with Crippen molar-refractivity contribution in [2.24, 2.45) is 0 Å². The van der Waals surface area contributed by atoms with Crippen molar-refractivity contribution in [2.45, 2.75) is 6.92 Å². The van der Waals surface area contributed by atoms with Crippen LogP contribution in [-0.4, -0.2) is 13.1 Å². The van der Waals surface area contributed by atoms with Gasteiger partial charge in [-0.1, -0.05) is 60.7 Å². The molecular weight excluding hydrogens is 300 g/mol. The van der Waals surface area contributed by atoms with Gasteiger partial charge in [-0.05, 0) is 30.2 Å². The highest BCUT2D eigenvalue weighted by atomic mass is 16.5. The minimum Gasteiger partial charge on any atom is -0.465 e. The lowest BCUT2D eigenvalue weighted by Crippen LogP contribution is -2.00. The summed E-state index contributed by atoms with van der Waals surface area (Å²) in [6.07, 6.45) is 2.05. The van der Waals surface area contributed by atoms with Crippen molar-refractivity contribution in [3.8, 4) is 0 Å². The van der Waals surface area contributed by atoms with E-state index in [9.17, 15) is 4.79 Å². The Morgan fingerprint density at radius 2 is 1.62 bits per heavy atom. The van der Waals surface area contributed by atoms with E-state index in [2.05, 4.69) is 6.08 Å². The standard InChI is InChI=1S/C21H18O3/c1-15-18(21(22)23-2)14-20(24-15)19(17-11-7-4-8-12-17)13-16-9-5-3-6-10-16/h3-14H,1-2H3/b19-13-. The summed E-state index contributed by atoms with van der Waals surface area (Å²) in [5, 5.41) is 0. The van der Waals surface area contributed by atoms with E-state index in [1.165, 1.54) is 7.11 Å². The zero-order valence-electron chi connectivity index (χ0n) is 13.7. The lowest BCUT2D eigenvalue weighted by atomic mass is 10.00. The predicted molar refractivity (Wildman–Crippen MR) is 94.6 cm³/mol. The molecule has 1 aromatic heterocycles. The third-order valence-corrected chi connectivity index (χ3v) is 3.78. The van der Waals surface area contributed by atoms with E-state index < -0.39 is 5.97 Å². The second kappa shape index (κ2) is 7.01. The third kappa shape index (κ3) is 3.30. The first-order valence-electron chi connectivity index (χ1n) is 7.70. The van der Waals surface area contributed by atoms with Crippen molar-refractivity contribution in [3.63, 3.8) is 0 Å². The maximum atomic E-state index is 11.9. The summed E-state index contributed by atoms with van der Waals surface area (Å²) in [6.45, 7) is 1.76. The van der Waals surface area contributed by atoms with E-state index in [1.807, 2.05) is 60.7 Å². The summed E-state index contributed by atoms with van der Waals surface area (Å²) in [6, 6.07) is 21.7. The summed E-state index contributed by atoms with van der Waals surface area (Å²) in [7, 11) is 1.37. The van der Waals surface area contributed by atoms with Gasteiger partial charge >= 0.3 is 5.97 Å². The number of furan rings is 1. The molecule has 24 heavy (non-hydrogen) atoms. The van der Waals surface area contributed by atoms with Gasteiger partial charge < -0.3 is 9.15 Å². The molecule has 1 heterocycles. The number of hydrogen-bond donors (Lipinski definition) is 0. The van der Waals surface area contributed by atoms with Crippen LogP contribution in [0.1, 0.15) is 33.0 Å². The summed E-state index contributed by atoms with van der Waals surface area (Å²) in [5.41, 5.74) is 3.44. The average molecular weight is 318 g/mol. The summed E-state index contributed by atoms with van der Waals surface area (Å²) in [5.74, 6) is 0.796. The van der Waals surface area contributed by atoms with Crippen LogP contribution in [-0.2, 0) is 4.74 Å². The van der Waals surface area contributed by atoms with E-state index in [0.29, 0.717) is 17.1 Å². The van der Waals surface area contributed by atoms with E-state index in [-0.39, 0.29) is 0 Å². The van der Waals surface area contributed by atoms with Gasteiger partial charge in [0.1, 0.15) is 17.1 Å². The van der Waals surface area contributed by atoms with Crippen LogP contribution in [0.3, 0.4) is 0 Å². The Morgan fingerprint density at radius 1 is 1.00 bits per heavy atom. The van der Waals surface area contributed by atoms with Gasteiger partial charge in [-0.25, -0.2) is 4.79 Å². The van der Waals surface area contributed by atoms with Gasteiger partial charge in [0.25, 0.3) is 0 Å². The summed E-state index contributed by atoms with van der Waals surface area (Å²) < 4.78 is 10.7. The maximum Gasteiger partial charge on any atom is 0.341 e. The Hall–Kier alpha value is -3.07. The lowest BCUT2D eigenvalue weighted by Gasteiger charge is -2.05. The van der Waals surface area contributed by atoms with Crippen LogP contribution in [0.5, 0.6) is 0 Å². The number of carbonyl (C=O) groups excluding carboxylic acids is 1. The molecule has 0 aliphatic heterocycles. The van der Waals surface area contributed by atoms with Crippen molar-refractivity contribution in [1.29, 1.82) is 0 Å². The summed E-state index contributed by atoms with van der Waals surface area (Å²) in [4.78, 5) is 11.9. The lowest BCUT2D eigenvalue weighted by molar-refractivity contribution is 0.0599. The van der Waals surface area contributed by atoms with Gasteiger partial charge in [-0.15, -0.1) is 0 Å². The van der Waals surface area contributed by atoms with Gasteiger partial charge in [0.2, 0.25) is 0 Å². The van der Waals surface area contributed by atoms with E-state index in [0.717, 1.165) is 16.7 Å². The molecule has 0 aliphatic rings. The molecule has 3 aromatic rings. The molecule has 0 bridgehead atoms. The van der Waals surface area contributed by atoms with Gasteiger partial charge in [0.15, 0.2) is 0 Å². The third-order valence-electron chi connectivity index (χ3n) is 3.78. The maximum absolute atomic E-state index is 11.9. The number of carbonyl (C=O) groups is 1. The van der Waals surface area contributed by atoms with Crippen molar-refractivity contribution in [1.82, 2.24) is 0 Å². The normalized spacial score (nSPS) is 11.3. The first kappa shape index (κ1) is 15.8. The van der Waals surface area contributed by atoms with Crippen molar-refractivity contribution >= 4 is 17.6 Å². The molecule has 2 aromatic carbocycles. The Bertz CT molecular complexity index is 859. The van der Waals surface area contributed by atoms with E-state index in [4.69, 9.17) is 9.15 Å². The Balaban J connectivity index is 2.13. The van der Waals surface area contributed by atoms with E-state index >= 15 is 0 Å². The monoisotopic (exact) mass is 318 g/mol. The highest BCUT2D eigenvalue weighted by molar-refractivity contribution is 5.95. The molecule has 0 saturated heterocycles. The number of rotatable bonds is 4. The highest BCUT2D eigenvalue weighted by Gasteiger charge is 2.18. The molecule has 0 unspecified atom stereocenters. The minimum atomic E-state index is -0.394. The SMILES string of the molecule is COC(=O)c1cc(/C(=C\c2ccccc2)c2ccccc2)oc1C. The number of benzene rings is 2. The zero-order chi connectivity index (χ0) is 16.9. The first-order chi connectivity index (χ1) is 11.7. The Morgan fingerprint density at radius 3 is 2.25 bits per heavy atom. The fourth-order valence-electron chi connectivity index (χ4n) is 2.56. The Kier molecular flexibility index (Phi) is 4.62. The smallest absolute Gasteiger partial charge is 0.341 e. The molecule has 120 valence electrons.